The Balaban J connectivity index is 2.35. The van der Waals surface area contributed by atoms with Crippen LogP contribution in [0.5, 0.6) is 0 Å². The van der Waals surface area contributed by atoms with Crippen LogP contribution >= 0.6 is 0 Å². The van der Waals surface area contributed by atoms with Crippen molar-refractivity contribution in [2.24, 2.45) is 0 Å². The van der Waals surface area contributed by atoms with Gasteiger partial charge in [0.2, 0.25) is 10.0 Å². The summed E-state index contributed by atoms with van der Waals surface area (Å²) in [5.41, 5.74) is 0. The number of halogens is 1. The van der Waals surface area contributed by atoms with Gasteiger partial charge in [0.05, 0.1) is 0 Å². The third-order valence-corrected chi connectivity index (χ3v) is 5.60. The van der Waals surface area contributed by atoms with Crippen LogP contribution < -0.4 is 0 Å². The summed E-state index contributed by atoms with van der Waals surface area (Å²) in [4.78, 5) is -0.196. The molecule has 0 N–H and O–H groups in total. The van der Waals surface area contributed by atoms with Crippen LogP contribution in [0.2, 0.25) is 0 Å². The van der Waals surface area contributed by atoms with E-state index in [-0.39, 0.29) is 10.9 Å². The molecule has 1 aliphatic heterocycles. The monoisotopic (exact) mass is 285 g/mol. The minimum atomic E-state index is -3.71. The largest absolute Gasteiger partial charge is 0.246 e. The Morgan fingerprint density at radius 3 is 2.74 bits per heavy atom. The number of rotatable bonds is 4. The normalized spacial score (nSPS) is 21.5. The first-order chi connectivity index (χ1) is 9.07. The van der Waals surface area contributed by atoms with Crippen LogP contribution in [0.1, 0.15) is 39.0 Å². The molecular formula is C14H20FNO2S. The molecule has 0 amide bonds. The minimum absolute atomic E-state index is 0.0170. The van der Waals surface area contributed by atoms with E-state index in [1.165, 1.54) is 22.5 Å². The van der Waals surface area contributed by atoms with E-state index in [4.69, 9.17) is 0 Å². The van der Waals surface area contributed by atoms with Gasteiger partial charge in [-0.05, 0) is 31.4 Å². The third-order valence-electron chi connectivity index (χ3n) is 3.62. The number of hydrogen-bond donors (Lipinski definition) is 0. The molecular weight excluding hydrogens is 265 g/mol. The van der Waals surface area contributed by atoms with E-state index in [0.717, 1.165) is 32.1 Å². The molecule has 3 nitrogen and oxygen atoms in total. The lowest BCUT2D eigenvalue weighted by Crippen LogP contribution is -2.43. The van der Waals surface area contributed by atoms with Gasteiger partial charge in [-0.3, -0.25) is 0 Å². The van der Waals surface area contributed by atoms with Gasteiger partial charge in [0.25, 0.3) is 0 Å². The summed E-state index contributed by atoms with van der Waals surface area (Å²) < 4.78 is 40.4. The molecule has 106 valence electrons. The summed E-state index contributed by atoms with van der Waals surface area (Å²) >= 11 is 0. The summed E-state index contributed by atoms with van der Waals surface area (Å²) in [5.74, 6) is -0.664. The Hall–Kier alpha value is -0.940. The second-order valence-electron chi connectivity index (χ2n) is 4.98. The first-order valence-corrected chi connectivity index (χ1v) is 8.27. The number of benzene rings is 1. The van der Waals surface area contributed by atoms with Gasteiger partial charge in [-0.15, -0.1) is 0 Å². The molecule has 1 atom stereocenters. The van der Waals surface area contributed by atoms with Crippen molar-refractivity contribution < 1.29 is 12.8 Å². The fourth-order valence-corrected chi connectivity index (χ4v) is 4.48. The highest BCUT2D eigenvalue weighted by molar-refractivity contribution is 7.89. The summed E-state index contributed by atoms with van der Waals surface area (Å²) in [6.07, 6.45) is 4.56. The second kappa shape index (κ2) is 6.01. The Labute approximate surface area is 114 Å². The average molecular weight is 285 g/mol. The van der Waals surface area contributed by atoms with Crippen molar-refractivity contribution >= 4 is 10.0 Å². The zero-order chi connectivity index (χ0) is 13.9. The molecule has 1 aromatic rings. The van der Waals surface area contributed by atoms with Crippen molar-refractivity contribution in [3.05, 3.63) is 30.1 Å². The minimum Gasteiger partial charge on any atom is -0.207 e. The van der Waals surface area contributed by atoms with Gasteiger partial charge in [-0.1, -0.05) is 31.9 Å². The zero-order valence-corrected chi connectivity index (χ0v) is 12.0. The number of piperidine rings is 1. The fourth-order valence-electron chi connectivity index (χ4n) is 2.69. The van der Waals surface area contributed by atoms with Crippen molar-refractivity contribution in [3.8, 4) is 0 Å². The van der Waals surface area contributed by atoms with Gasteiger partial charge < -0.3 is 0 Å². The van der Waals surface area contributed by atoms with Crippen LogP contribution in [0.3, 0.4) is 0 Å². The lowest BCUT2D eigenvalue weighted by atomic mass is 10.0. The molecule has 0 saturated carbocycles. The van der Waals surface area contributed by atoms with E-state index in [2.05, 4.69) is 0 Å². The van der Waals surface area contributed by atoms with Crippen molar-refractivity contribution in [3.63, 3.8) is 0 Å². The first-order valence-electron chi connectivity index (χ1n) is 6.83. The maximum atomic E-state index is 13.7. The number of hydrogen-bond acceptors (Lipinski definition) is 2. The van der Waals surface area contributed by atoms with Crippen LogP contribution in [-0.2, 0) is 10.0 Å². The Kier molecular flexibility index (Phi) is 4.58. The van der Waals surface area contributed by atoms with Crippen molar-refractivity contribution in [1.29, 1.82) is 0 Å². The third kappa shape index (κ3) is 2.98. The quantitative estimate of drug-likeness (QED) is 0.852. The number of sulfonamides is 1. The van der Waals surface area contributed by atoms with Gasteiger partial charge in [-0.25, -0.2) is 12.8 Å². The van der Waals surface area contributed by atoms with Crippen LogP contribution in [-0.4, -0.2) is 25.3 Å². The molecule has 1 aromatic carbocycles. The lowest BCUT2D eigenvalue weighted by Gasteiger charge is -2.34. The molecule has 0 aromatic heterocycles. The predicted octanol–water partition coefficient (Wildman–Crippen LogP) is 3.17. The SMILES string of the molecule is CCCC1CCCCN1S(=O)(=O)c1ccccc1F. The fraction of sp³-hybridized carbons (Fsp3) is 0.571. The molecule has 0 bridgehead atoms. The molecule has 19 heavy (non-hydrogen) atoms. The van der Waals surface area contributed by atoms with E-state index in [1.54, 1.807) is 6.07 Å². The molecule has 1 aliphatic rings. The Bertz CT molecular complexity index is 528. The standard InChI is InChI=1S/C14H20FNO2S/c1-2-7-12-8-5-6-11-16(12)19(17,18)14-10-4-3-9-13(14)15/h3-4,9-10,12H,2,5-8,11H2,1H3. The van der Waals surface area contributed by atoms with Crippen molar-refractivity contribution in [2.75, 3.05) is 6.54 Å². The van der Waals surface area contributed by atoms with E-state index >= 15 is 0 Å². The molecule has 1 heterocycles. The van der Waals surface area contributed by atoms with Crippen LogP contribution in [0, 0.1) is 5.82 Å². The van der Waals surface area contributed by atoms with E-state index < -0.39 is 15.8 Å². The van der Waals surface area contributed by atoms with Crippen molar-refractivity contribution in [2.45, 2.75) is 50.0 Å². The summed E-state index contributed by atoms with van der Waals surface area (Å²) in [6.45, 7) is 2.55. The number of nitrogens with zero attached hydrogens (tertiary/aromatic N) is 1. The summed E-state index contributed by atoms with van der Waals surface area (Å²) in [5, 5.41) is 0. The van der Waals surface area contributed by atoms with Gasteiger partial charge in [0, 0.05) is 12.6 Å². The van der Waals surface area contributed by atoms with Crippen molar-refractivity contribution in [1.82, 2.24) is 4.31 Å². The summed E-state index contributed by atoms with van der Waals surface area (Å²) in [6, 6.07) is 5.64. The molecule has 1 fully saturated rings. The lowest BCUT2D eigenvalue weighted by molar-refractivity contribution is 0.239. The highest BCUT2D eigenvalue weighted by Crippen LogP contribution is 2.28. The smallest absolute Gasteiger partial charge is 0.207 e. The maximum absolute atomic E-state index is 13.7. The highest BCUT2D eigenvalue weighted by Gasteiger charge is 2.34. The zero-order valence-electron chi connectivity index (χ0n) is 11.2. The topological polar surface area (TPSA) is 37.4 Å². The highest BCUT2D eigenvalue weighted by atomic mass is 32.2. The van der Waals surface area contributed by atoms with Gasteiger partial charge in [0.15, 0.2) is 0 Å². The van der Waals surface area contributed by atoms with Gasteiger partial charge in [-0.2, -0.15) is 4.31 Å². The van der Waals surface area contributed by atoms with E-state index in [0.29, 0.717) is 6.54 Å². The average Bonchev–Trinajstić information content (AvgIpc) is 2.40. The second-order valence-corrected chi connectivity index (χ2v) is 6.84. The van der Waals surface area contributed by atoms with E-state index in [9.17, 15) is 12.8 Å². The van der Waals surface area contributed by atoms with E-state index in [1.807, 2.05) is 6.92 Å². The van der Waals surface area contributed by atoms with Crippen LogP contribution in [0.4, 0.5) is 4.39 Å². The molecule has 1 saturated heterocycles. The molecule has 0 aliphatic carbocycles. The Morgan fingerprint density at radius 1 is 1.32 bits per heavy atom. The van der Waals surface area contributed by atoms with Crippen LogP contribution in [0.15, 0.2) is 29.2 Å². The van der Waals surface area contributed by atoms with Crippen LogP contribution in [0.25, 0.3) is 0 Å². The van der Waals surface area contributed by atoms with Gasteiger partial charge in [0.1, 0.15) is 10.7 Å². The molecule has 0 spiro atoms. The summed E-state index contributed by atoms with van der Waals surface area (Å²) in [7, 11) is -3.71. The molecule has 5 heteroatoms. The molecule has 2 rings (SSSR count). The Morgan fingerprint density at radius 2 is 2.05 bits per heavy atom. The first kappa shape index (κ1) is 14.5. The van der Waals surface area contributed by atoms with Gasteiger partial charge >= 0.3 is 0 Å². The molecule has 1 unspecified atom stereocenters. The molecule has 0 radical (unpaired) electrons. The maximum Gasteiger partial charge on any atom is 0.246 e. The predicted molar refractivity (Wildman–Crippen MR) is 72.8 cm³/mol.